The van der Waals surface area contributed by atoms with Crippen LogP contribution in [0.25, 0.3) is 0 Å². The summed E-state index contributed by atoms with van der Waals surface area (Å²) in [4.78, 5) is 24.8. The smallest absolute Gasteiger partial charge is 0.251 e. The fraction of sp³-hybridized carbons (Fsp3) is 0.333. The maximum absolute atomic E-state index is 13.5. The average molecular weight is 382 g/mol. The average Bonchev–Trinajstić information content (AvgIpc) is 3.26. The molecule has 5 rings (SSSR count). The third kappa shape index (κ3) is 2.87. The van der Waals surface area contributed by atoms with Gasteiger partial charge in [0.2, 0.25) is 11.8 Å². The summed E-state index contributed by atoms with van der Waals surface area (Å²) in [5.74, 6) is -1.05. The second kappa shape index (κ2) is 6.22. The number of nitrogens with one attached hydrogen (secondary N) is 2. The van der Waals surface area contributed by atoms with Crippen LogP contribution in [0.2, 0.25) is 0 Å². The molecule has 2 aromatic rings. The van der Waals surface area contributed by atoms with Crippen molar-refractivity contribution < 1.29 is 23.5 Å². The van der Waals surface area contributed by atoms with Gasteiger partial charge in [-0.1, -0.05) is 6.07 Å². The van der Waals surface area contributed by atoms with Crippen LogP contribution >= 0.6 is 0 Å². The summed E-state index contributed by atoms with van der Waals surface area (Å²) in [7, 11) is 0. The summed E-state index contributed by atoms with van der Waals surface area (Å²) in [5.41, 5.74) is 1.51. The van der Waals surface area contributed by atoms with Crippen molar-refractivity contribution in [3.05, 3.63) is 47.8 Å². The van der Waals surface area contributed by atoms with Gasteiger partial charge in [-0.15, -0.1) is 0 Å². The van der Waals surface area contributed by atoms with Crippen LogP contribution < -0.4 is 20.1 Å². The van der Waals surface area contributed by atoms with E-state index in [1.165, 1.54) is 18.2 Å². The fourth-order valence-corrected chi connectivity index (χ4v) is 4.19. The standard InChI is InChI=1S/C21H19FN2O4/c22-12-3-5-14-15(11-19(25)24-16(14)9-12)20(26)23-13-4-6-17-18(10-13)28-21(27-17)7-1-2-8-21/h3-6,9-10,15H,1-2,7-8,11H2,(H,23,26)(H,24,25). The highest BCUT2D eigenvalue weighted by molar-refractivity contribution is 6.05. The van der Waals surface area contributed by atoms with Crippen LogP contribution in [0.4, 0.5) is 15.8 Å². The van der Waals surface area contributed by atoms with Crippen LogP contribution in [0, 0.1) is 5.82 Å². The largest absolute Gasteiger partial charge is 0.448 e. The van der Waals surface area contributed by atoms with Crippen molar-refractivity contribution in [2.24, 2.45) is 0 Å². The first-order valence-electron chi connectivity index (χ1n) is 9.44. The number of carbonyl (C=O) groups excluding carboxylic acids is 2. The molecule has 1 atom stereocenters. The summed E-state index contributed by atoms with van der Waals surface area (Å²) in [6.07, 6.45) is 3.86. The Morgan fingerprint density at radius 1 is 1.11 bits per heavy atom. The second-order valence-electron chi connectivity index (χ2n) is 7.51. The van der Waals surface area contributed by atoms with Crippen LogP contribution in [0.3, 0.4) is 0 Å². The van der Waals surface area contributed by atoms with Crippen molar-refractivity contribution in [1.29, 1.82) is 0 Å². The molecule has 6 nitrogen and oxygen atoms in total. The van der Waals surface area contributed by atoms with E-state index >= 15 is 0 Å². The van der Waals surface area contributed by atoms with Gasteiger partial charge < -0.3 is 20.1 Å². The third-order valence-corrected chi connectivity index (χ3v) is 5.54. The zero-order chi connectivity index (χ0) is 19.3. The molecule has 2 heterocycles. The first-order chi connectivity index (χ1) is 13.5. The molecule has 1 unspecified atom stereocenters. The Balaban J connectivity index is 1.37. The van der Waals surface area contributed by atoms with Gasteiger partial charge in [-0.3, -0.25) is 9.59 Å². The highest BCUT2D eigenvalue weighted by atomic mass is 19.1. The Morgan fingerprint density at radius 3 is 2.71 bits per heavy atom. The summed E-state index contributed by atoms with van der Waals surface area (Å²) >= 11 is 0. The quantitative estimate of drug-likeness (QED) is 0.825. The number of anilines is 2. The van der Waals surface area contributed by atoms with E-state index in [9.17, 15) is 14.0 Å². The Labute approximate surface area is 161 Å². The molecule has 1 saturated carbocycles. The van der Waals surface area contributed by atoms with E-state index in [1.54, 1.807) is 18.2 Å². The van der Waals surface area contributed by atoms with Crippen molar-refractivity contribution in [1.82, 2.24) is 0 Å². The minimum atomic E-state index is -0.684. The number of rotatable bonds is 2. The van der Waals surface area contributed by atoms with Gasteiger partial charge >= 0.3 is 0 Å². The molecule has 0 bridgehead atoms. The lowest BCUT2D eigenvalue weighted by atomic mass is 9.89. The van der Waals surface area contributed by atoms with Crippen LogP contribution in [0.15, 0.2) is 36.4 Å². The number of carbonyl (C=O) groups is 2. The molecule has 0 radical (unpaired) electrons. The van der Waals surface area contributed by atoms with E-state index in [1.807, 2.05) is 0 Å². The maximum atomic E-state index is 13.5. The van der Waals surface area contributed by atoms with E-state index < -0.39 is 17.5 Å². The van der Waals surface area contributed by atoms with Crippen molar-refractivity contribution in [3.63, 3.8) is 0 Å². The van der Waals surface area contributed by atoms with Gasteiger partial charge in [0, 0.05) is 36.7 Å². The number of amides is 2. The highest BCUT2D eigenvalue weighted by Crippen LogP contribution is 2.47. The molecule has 1 fully saturated rings. The summed E-state index contributed by atoms with van der Waals surface area (Å²) in [5, 5.41) is 5.46. The number of hydrogen-bond donors (Lipinski definition) is 2. The molecule has 3 aliphatic rings. The van der Waals surface area contributed by atoms with E-state index in [0.29, 0.717) is 28.4 Å². The molecule has 2 amide bonds. The number of hydrogen-bond acceptors (Lipinski definition) is 4. The van der Waals surface area contributed by atoms with E-state index in [-0.39, 0.29) is 18.2 Å². The lowest BCUT2D eigenvalue weighted by Crippen LogP contribution is -2.34. The molecule has 7 heteroatoms. The van der Waals surface area contributed by atoms with E-state index in [2.05, 4.69) is 10.6 Å². The summed E-state index contributed by atoms with van der Waals surface area (Å²) in [6, 6.07) is 9.34. The SMILES string of the molecule is O=C1CC(C(=O)Nc2ccc3c(c2)OC2(CCCC2)O3)c2ccc(F)cc2N1. The van der Waals surface area contributed by atoms with Crippen LogP contribution in [0.1, 0.15) is 43.6 Å². The lowest BCUT2D eigenvalue weighted by Gasteiger charge is -2.25. The van der Waals surface area contributed by atoms with Gasteiger partial charge in [0.15, 0.2) is 11.5 Å². The Bertz CT molecular complexity index is 984. The Kier molecular flexibility index (Phi) is 3.79. The van der Waals surface area contributed by atoms with Crippen LogP contribution in [0.5, 0.6) is 11.5 Å². The topological polar surface area (TPSA) is 76.7 Å². The number of halogens is 1. The molecule has 144 valence electrons. The number of ether oxygens (including phenoxy) is 2. The molecule has 1 spiro atoms. The first kappa shape index (κ1) is 17.0. The van der Waals surface area contributed by atoms with E-state index in [4.69, 9.17) is 9.47 Å². The minimum absolute atomic E-state index is 0.0120. The van der Waals surface area contributed by atoms with Crippen molar-refractivity contribution in [2.75, 3.05) is 10.6 Å². The maximum Gasteiger partial charge on any atom is 0.251 e. The van der Waals surface area contributed by atoms with Crippen molar-refractivity contribution >= 4 is 23.2 Å². The monoisotopic (exact) mass is 382 g/mol. The van der Waals surface area contributed by atoms with Gasteiger partial charge in [-0.2, -0.15) is 0 Å². The zero-order valence-electron chi connectivity index (χ0n) is 15.1. The van der Waals surface area contributed by atoms with Gasteiger partial charge in [-0.25, -0.2) is 4.39 Å². The molecule has 2 N–H and O–H groups in total. The normalized spacial score (nSPS) is 21.3. The Morgan fingerprint density at radius 2 is 1.89 bits per heavy atom. The molecule has 2 aromatic carbocycles. The lowest BCUT2D eigenvalue weighted by molar-refractivity contribution is -0.123. The van der Waals surface area contributed by atoms with Crippen molar-refractivity contribution in [3.8, 4) is 11.5 Å². The van der Waals surface area contributed by atoms with Crippen LogP contribution in [-0.2, 0) is 9.59 Å². The molecular formula is C21H19FN2O4. The predicted octanol–water partition coefficient (Wildman–Crippen LogP) is 3.93. The predicted molar refractivity (Wildman–Crippen MR) is 99.9 cm³/mol. The molecule has 0 saturated heterocycles. The number of fused-ring (bicyclic) bond motifs is 2. The van der Waals surface area contributed by atoms with Crippen LogP contribution in [-0.4, -0.2) is 17.6 Å². The van der Waals surface area contributed by atoms with Crippen molar-refractivity contribution in [2.45, 2.75) is 43.8 Å². The van der Waals surface area contributed by atoms with Gasteiger partial charge in [0.1, 0.15) is 5.82 Å². The Hall–Kier alpha value is -3.09. The zero-order valence-corrected chi connectivity index (χ0v) is 15.1. The van der Waals surface area contributed by atoms with E-state index in [0.717, 1.165) is 25.7 Å². The molecular weight excluding hydrogens is 363 g/mol. The molecule has 2 aliphatic heterocycles. The minimum Gasteiger partial charge on any atom is -0.448 e. The first-order valence-corrected chi connectivity index (χ1v) is 9.44. The van der Waals surface area contributed by atoms with Gasteiger partial charge in [0.25, 0.3) is 5.79 Å². The fourth-order valence-electron chi connectivity index (χ4n) is 4.19. The number of benzene rings is 2. The highest BCUT2D eigenvalue weighted by Gasteiger charge is 2.44. The summed E-state index contributed by atoms with van der Waals surface area (Å²) in [6.45, 7) is 0. The molecule has 28 heavy (non-hydrogen) atoms. The molecule has 0 aromatic heterocycles. The second-order valence-corrected chi connectivity index (χ2v) is 7.51. The van der Waals surface area contributed by atoms with Gasteiger partial charge in [-0.05, 0) is 42.7 Å². The third-order valence-electron chi connectivity index (χ3n) is 5.54. The summed E-state index contributed by atoms with van der Waals surface area (Å²) < 4.78 is 25.5. The molecule has 1 aliphatic carbocycles. The van der Waals surface area contributed by atoms with Gasteiger partial charge in [0.05, 0.1) is 5.92 Å².